The minimum absolute atomic E-state index is 0.215. The standard InChI is InChI=1S/C13H17FO2/c1-8(6-13-9(2)16-13)11-7-10(14)4-5-12(11)15-3/h4-5,7-9,13H,6H2,1-3H3. The SMILES string of the molecule is COc1ccc(F)cc1C(C)CC1OC1C. The third-order valence-corrected chi connectivity index (χ3v) is 3.14. The highest BCUT2D eigenvalue weighted by molar-refractivity contribution is 5.36. The Labute approximate surface area is 95.4 Å². The Hall–Kier alpha value is -1.09. The molecule has 2 nitrogen and oxygen atoms in total. The van der Waals surface area contributed by atoms with E-state index in [1.165, 1.54) is 6.07 Å². The molecular formula is C13H17FO2. The van der Waals surface area contributed by atoms with Crippen LogP contribution in [-0.4, -0.2) is 19.3 Å². The number of epoxide rings is 1. The second-order valence-electron chi connectivity index (χ2n) is 4.40. The van der Waals surface area contributed by atoms with Crippen LogP contribution >= 0.6 is 0 Å². The molecule has 1 aliphatic rings. The molecule has 0 aliphatic carbocycles. The van der Waals surface area contributed by atoms with Crippen molar-refractivity contribution in [3.63, 3.8) is 0 Å². The van der Waals surface area contributed by atoms with Gasteiger partial charge in [0, 0.05) is 0 Å². The van der Waals surface area contributed by atoms with E-state index >= 15 is 0 Å². The van der Waals surface area contributed by atoms with Crippen molar-refractivity contribution < 1.29 is 13.9 Å². The van der Waals surface area contributed by atoms with Crippen molar-refractivity contribution in [1.82, 2.24) is 0 Å². The molecule has 3 unspecified atom stereocenters. The highest BCUT2D eigenvalue weighted by Gasteiger charge is 2.35. The molecule has 0 aromatic heterocycles. The topological polar surface area (TPSA) is 21.8 Å². The summed E-state index contributed by atoms with van der Waals surface area (Å²) in [5, 5.41) is 0. The quantitative estimate of drug-likeness (QED) is 0.733. The van der Waals surface area contributed by atoms with E-state index in [0.717, 1.165) is 17.7 Å². The number of halogens is 1. The van der Waals surface area contributed by atoms with Crippen LogP contribution in [0.15, 0.2) is 18.2 Å². The molecule has 0 spiro atoms. The zero-order chi connectivity index (χ0) is 11.7. The Morgan fingerprint density at radius 2 is 2.19 bits per heavy atom. The highest BCUT2D eigenvalue weighted by atomic mass is 19.1. The lowest BCUT2D eigenvalue weighted by molar-refractivity contribution is 0.358. The molecule has 1 aliphatic heterocycles. The first-order chi connectivity index (χ1) is 7.61. The van der Waals surface area contributed by atoms with Crippen molar-refractivity contribution in [3.05, 3.63) is 29.6 Å². The number of methoxy groups -OCH3 is 1. The van der Waals surface area contributed by atoms with Gasteiger partial charge in [0.05, 0.1) is 19.3 Å². The van der Waals surface area contributed by atoms with Crippen LogP contribution in [0.1, 0.15) is 31.7 Å². The van der Waals surface area contributed by atoms with E-state index in [9.17, 15) is 4.39 Å². The summed E-state index contributed by atoms with van der Waals surface area (Å²) in [6.45, 7) is 4.13. The molecule has 2 rings (SSSR count). The normalized spacial score (nSPS) is 25.2. The van der Waals surface area contributed by atoms with Gasteiger partial charge in [0.15, 0.2) is 0 Å². The second-order valence-corrected chi connectivity index (χ2v) is 4.40. The monoisotopic (exact) mass is 224 g/mol. The Bertz CT molecular complexity index is 378. The Morgan fingerprint density at radius 3 is 2.75 bits per heavy atom. The van der Waals surface area contributed by atoms with Crippen molar-refractivity contribution in [3.8, 4) is 5.75 Å². The Kier molecular flexibility index (Phi) is 3.15. The van der Waals surface area contributed by atoms with Gasteiger partial charge in [-0.3, -0.25) is 0 Å². The third-order valence-electron chi connectivity index (χ3n) is 3.14. The first-order valence-electron chi connectivity index (χ1n) is 5.60. The van der Waals surface area contributed by atoms with E-state index in [-0.39, 0.29) is 11.7 Å². The fraction of sp³-hybridized carbons (Fsp3) is 0.538. The van der Waals surface area contributed by atoms with E-state index in [4.69, 9.17) is 9.47 Å². The summed E-state index contributed by atoms with van der Waals surface area (Å²) < 4.78 is 23.8. The molecule has 1 aromatic rings. The van der Waals surface area contributed by atoms with E-state index < -0.39 is 0 Å². The van der Waals surface area contributed by atoms with Crippen LogP contribution in [0.25, 0.3) is 0 Å². The van der Waals surface area contributed by atoms with Gasteiger partial charge < -0.3 is 9.47 Å². The lowest BCUT2D eigenvalue weighted by Gasteiger charge is -2.14. The molecule has 0 amide bonds. The van der Waals surface area contributed by atoms with Gasteiger partial charge in [0.1, 0.15) is 11.6 Å². The summed E-state index contributed by atoms with van der Waals surface area (Å²) in [7, 11) is 1.61. The van der Waals surface area contributed by atoms with Crippen molar-refractivity contribution in [2.75, 3.05) is 7.11 Å². The zero-order valence-corrected chi connectivity index (χ0v) is 9.87. The van der Waals surface area contributed by atoms with Crippen molar-refractivity contribution >= 4 is 0 Å². The number of hydrogen-bond acceptors (Lipinski definition) is 2. The van der Waals surface area contributed by atoms with Crippen LogP contribution in [0.3, 0.4) is 0 Å². The van der Waals surface area contributed by atoms with Crippen molar-refractivity contribution in [2.24, 2.45) is 0 Å². The maximum Gasteiger partial charge on any atom is 0.123 e. The largest absolute Gasteiger partial charge is 0.496 e. The van der Waals surface area contributed by atoms with E-state index in [1.807, 2.05) is 0 Å². The van der Waals surface area contributed by atoms with Crippen molar-refractivity contribution in [2.45, 2.75) is 38.4 Å². The molecule has 0 N–H and O–H groups in total. The summed E-state index contributed by atoms with van der Waals surface area (Å²) in [6.07, 6.45) is 1.59. The molecule has 88 valence electrons. The van der Waals surface area contributed by atoms with Gasteiger partial charge in [-0.25, -0.2) is 4.39 Å². The first kappa shape index (κ1) is 11.4. The average molecular weight is 224 g/mol. The minimum Gasteiger partial charge on any atom is -0.496 e. The maximum atomic E-state index is 13.2. The minimum atomic E-state index is -0.215. The van der Waals surface area contributed by atoms with Gasteiger partial charge in [-0.15, -0.1) is 0 Å². The van der Waals surface area contributed by atoms with Crippen LogP contribution in [0.2, 0.25) is 0 Å². The summed E-state index contributed by atoms with van der Waals surface area (Å²) in [6, 6.07) is 4.65. The van der Waals surface area contributed by atoms with Gasteiger partial charge in [0.25, 0.3) is 0 Å². The number of hydrogen-bond donors (Lipinski definition) is 0. The van der Waals surface area contributed by atoms with Crippen LogP contribution in [0.5, 0.6) is 5.75 Å². The van der Waals surface area contributed by atoms with Gasteiger partial charge >= 0.3 is 0 Å². The summed E-state index contributed by atoms with van der Waals surface area (Å²) in [5.74, 6) is 0.787. The highest BCUT2D eigenvalue weighted by Crippen LogP contribution is 2.36. The summed E-state index contributed by atoms with van der Waals surface area (Å²) in [4.78, 5) is 0. The fourth-order valence-corrected chi connectivity index (χ4v) is 2.04. The van der Waals surface area contributed by atoms with Gasteiger partial charge in [-0.2, -0.15) is 0 Å². The van der Waals surface area contributed by atoms with Gasteiger partial charge in [-0.05, 0) is 43.0 Å². The second kappa shape index (κ2) is 4.42. The van der Waals surface area contributed by atoms with Crippen molar-refractivity contribution in [1.29, 1.82) is 0 Å². The number of ether oxygens (including phenoxy) is 2. The van der Waals surface area contributed by atoms with E-state index in [2.05, 4.69) is 13.8 Å². The molecule has 1 aromatic carbocycles. The number of benzene rings is 1. The molecule has 0 radical (unpaired) electrons. The molecule has 3 atom stereocenters. The molecule has 3 heteroatoms. The van der Waals surface area contributed by atoms with Gasteiger partial charge in [0.2, 0.25) is 0 Å². The smallest absolute Gasteiger partial charge is 0.123 e. The van der Waals surface area contributed by atoms with Crippen LogP contribution in [0.4, 0.5) is 4.39 Å². The van der Waals surface area contributed by atoms with Gasteiger partial charge in [-0.1, -0.05) is 6.92 Å². The Morgan fingerprint density at radius 1 is 1.50 bits per heavy atom. The molecule has 1 heterocycles. The third kappa shape index (κ3) is 2.35. The molecular weight excluding hydrogens is 207 g/mol. The molecule has 1 saturated heterocycles. The molecule has 0 bridgehead atoms. The number of rotatable bonds is 4. The predicted molar refractivity (Wildman–Crippen MR) is 60.3 cm³/mol. The molecule has 0 saturated carbocycles. The first-order valence-corrected chi connectivity index (χ1v) is 5.60. The van der Waals surface area contributed by atoms with Crippen LogP contribution < -0.4 is 4.74 Å². The molecule has 16 heavy (non-hydrogen) atoms. The lowest BCUT2D eigenvalue weighted by atomic mass is 9.94. The van der Waals surface area contributed by atoms with Crippen LogP contribution in [0, 0.1) is 5.82 Å². The summed E-state index contributed by atoms with van der Waals surface area (Å²) in [5.41, 5.74) is 0.921. The maximum absolute atomic E-state index is 13.2. The fourth-order valence-electron chi connectivity index (χ4n) is 2.04. The Balaban J connectivity index is 2.13. The lowest BCUT2D eigenvalue weighted by Crippen LogP contribution is -2.03. The predicted octanol–water partition coefficient (Wildman–Crippen LogP) is 3.12. The summed E-state index contributed by atoms with van der Waals surface area (Å²) >= 11 is 0. The zero-order valence-electron chi connectivity index (χ0n) is 9.87. The average Bonchev–Trinajstić information content (AvgIpc) is 2.94. The van der Waals surface area contributed by atoms with E-state index in [0.29, 0.717) is 12.2 Å². The molecule has 1 fully saturated rings. The van der Waals surface area contributed by atoms with Crippen LogP contribution in [-0.2, 0) is 4.74 Å². The van der Waals surface area contributed by atoms with E-state index in [1.54, 1.807) is 19.2 Å².